The van der Waals surface area contributed by atoms with Gasteiger partial charge in [-0.3, -0.25) is 19.5 Å². The Bertz CT molecular complexity index is 1730. The number of carbonyl (C=O) groups is 1. The molecule has 0 bridgehead atoms. The maximum absolute atomic E-state index is 13.4. The van der Waals surface area contributed by atoms with Gasteiger partial charge in [0, 0.05) is 29.1 Å². The van der Waals surface area contributed by atoms with E-state index in [9.17, 15) is 14.9 Å². The Labute approximate surface area is 256 Å². The molecule has 0 aliphatic rings. The third-order valence-electron chi connectivity index (χ3n) is 6.51. The second-order valence-electron chi connectivity index (χ2n) is 9.57. The summed E-state index contributed by atoms with van der Waals surface area (Å²) in [6.07, 6.45) is 0.418. The van der Waals surface area contributed by atoms with Gasteiger partial charge in [0.25, 0.3) is 11.6 Å². The number of hydrogen-bond acceptors (Lipinski definition) is 6. The van der Waals surface area contributed by atoms with Crippen LogP contribution in [0.1, 0.15) is 38.9 Å². The monoisotopic (exact) mass is 617 g/mol. The molecule has 8 nitrogen and oxygen atoms in total. The van der Waals surface area contributed by atoms with E-state index in [0.29, 0.717) is 39.4 Å². The fraction of sp³-hybridized carbons (Fsp3) is 0.129. The average Bonchev–Trinajstić information content (AvgIpc) is 3.41. The van der Waals surface area contributed by atoms with Gasteiger partial charge in [-0.25, -0.2) is 0 Å². The van der Waals surface area contributed by atoms with Gasteiger partial charge < -0.3 is 5.32 Å². The largest absolute Gasteiger partial charge is 0.342 e. The number of nitrogens with zero attached hydrogens (tertiary/aromatic N) is 4. The molecule has 212 valence electrons. The van der Waals surface area contributed by atoms with Crippen LogP contribution < -0.4 is 5.32 Å². The SMILES string of the molecule is Cc1cccc(CSc2nnc(C(Cc3ccccc3)NC(=O)c3ccc(Cl)c(Cl)c3)n2-c2ccc([N+](=O)[O-])cc2)c1. The van der Waals surface area contributed by atoms with E-state index in [1.54, 1.807) is 24.3 Å². The Hall–Kier alpha value is -4.18. The molecule has 1 unspecified atom stereocenters. The Morgan fingerprint density at radius 2 is 1.67 bits per heavy atom. The maximum Gasteiger partial charge on any atom is 0.269 e. The average molecular weight is 619 g/mol. The van der Waals surface area contributed by atoms with E-state index in [2.05, 4.69) is 21.6 Å². The quantitative estimate of drug-likeness (QED) is 0.0974. The van der Waals surface area contributed by atoms with Crippen molar-refractivity contribution in [3.05, 3.63) is 145 Å². The molecule has 1 heterocycles. The standard InChI is InChI=1S/C31H25Cl2N5O3S/c1-20-6-5-9-22(16-20)19-42-31-36-35-29(37(31)24-11-13-25(14-12-24)38(40)41)28(17-21-7-3-2-4-8-21)34-30(39)23-10-15-26(32)27(33)18-23/h2-16,18,28H,17,19H2,1H3,(H,34,39). The summed E-state index contributed by atoms with van der Waals surface area (Å²) in [7, 11) is 0. The molecule has 5 aromatic rings. The maximum atomic E-state index is 13.4. The number of hydrogen-bond donors (Lipinski definition) is 1. The predicted octanol–water partition coefficient (Wildman–Crippen LogP) is 7.80. The molecule has 5 rings (SSSR count). The van der Waals surface area contributed by atoms with Crippen LogP contribution in [0.4, 0.5) is 5.69 Å². The predicted molar refractivity (Wildman–Crippen MR) is 166 cm³/mol. The van der Waals surface area contributed by atoms with Crippen LogP contribution in [0.3, 0.4) is 0 Å². The van der Waals surface area contributed by atoms with Crippen LogP contribution in [0.2, 0.25) is 10.0 Å². The van der Waals surface area contributed by atoms with Gasteiger partial charge in [0.05, 0.1) is 21.0 Å². The van der Waals surface area contributed by atoms with Crippen LogP contribution in [0.5, 0.6) is 0 Å². The number of carbonyl (C=O) groups excluding carboxylic acids is 1. The highest BCUT2D eigenvalue weighted by Gasteiger charge is 2.26. The number of benzene rings is 4. The summed E-state index contributed by atoms with van der Waals surface area (Å²) in [5.41, 5.74) is 4.19. The smallest absolute Gasteiger partial charge is 0.269 e. The van der Waals surface area contributed by atoms with Gasteiger partial charge in [-0.2, -0.15) is 0 Å². The van der Waals surface area contributed by atoms with Gasteiger partial charge in [-0.15, -0.1) is 10.2 Å². The van der Waals surface area contributed by atoms with E-state index in [0.717, 1.165) is 16.7 Å². The van der Waals surface area contributed by atoms with Crippen molar-refractivity contribution < 1.29 is 9.72 Å². The Balaban J connectivity index is 1.56. The lowest BCUT2D eigenvalue weighted by atomic mass is 10.0. The molecule has 0 radical (unpaired) electrons. The molecule has 1 atom stereocenters. The molecular weight excluding hydrogens is 593 g/mol. The molecule has 42 heavy (non-hydrogen) atoms. The summed E-state index contributed by atoms with van der Waals surface area (Å²) in [5.74, 6) is 0.751. The van der Waals surface area contributed by atoms with Crippen molar-refractivity contribution in [2.24, 2.45) is 0 Å². The number of non-ortho nitro benzene ring substituents is 1. The van der Waals surface area contributed by atoms with Crippen LogP contribution in [0.15, 0.2) is 102 Å². The summed E-state index contributed by atoms with van der Waals surface area (Å²) < 4.78 is 1.84. The highest BCUT2D eigenvalue weighted by Crippen LogP contribution is 2.30. The minimum absolute atomic E-state index is 0.0314. The number of amides is 1. The lowest BCUT2D eigenvalue weighted by Crippen LogP contribution is -2.32. The van der Waals surface area contributed by atoms with Crippen LogP contribution in [0, 0.1) is 17.0 Å². The third kappa shape index (κ3) is 6.99. The van der Waals surface area contributed by atoms with Crippen LogP contribution in [0.25, 0.3) is 5.69 Å². The first kappa shape index (κ1) is 29.3. The summed E-state index contributed by atoms with van der Waals surface area (Å²) in [5, 5.41) is 24.7. The van der Waals surface area contributed by atoms with Gasteiger partial charge in [-0.1, -0.05) is 95.1 Å². The molecule has 1 amide bonds. The third-order valence-corrected chi connectivity index (χ3v) is 8.25. The van der Waals surface area contributed by atoms with Crippen molar-refractivity contribution in [3.63, 3.8) is 0 Å². The fourth-order valence-electron chi connectivity index (χ4n) is 4.45. The van der Waals surface area contributed by atoms with Crippen LogP contribution in [-0.2, 0) is 12.2 Å². The minimum Gasteiger partial charge on any atom is -0.342 e. The van der Waals surface area contributed by atoms with Crippen molar-refractivity contribution in [1.82, 2.24) is 20.1 Å². The molecule has 1 aromatic heterocycles. The van der Waals surface area contributed by atoms with E-state index in [-0.39, 0.29) is 16.6 Å². The van der Waals surface area contributed by atoms with E-state index >= 15 is 0 Å². The zero-order chi connectivity index (χ0) is 29.6. The van der Waals surface area contributed by atoms with Crippen molar-refractivity contribution >= 4 is 46.6 Å². The highest BCUT2D eigenvalue weighted by molar-refractivity contribution is 7.98. The molecule has 4 aromatic carbocycles. The second kappa shape index (κ2) is 13.2. The topological polar surface area (TPSA) is 103 Å². The van der Waals surface area contributed by atoms with E-state index in [4.69, 9.17) is 23.2 Å². The first-order chi connectivity index (χ1) is 20.3. The summed E-state index contributed by atoms with van der Waals surface area (Å²) in [6, 6.07) is 28.2. The number of nitro groups is 1. The number of nitrogens with one attached hydrogen (secondary N) is 1. The van der Waals surface area contributed by atoms with Crippen molar-refractivity contribution in [3.8, 4) is 5.69 Å². The molecule has 0 saturated heterocycles. The van der Waals surface area contributed by atoms with Gasteiger partial charge >= 0.3 is 0 Å². The molecule has 0 aliphatic heterocycles. The number of aromatic nitrogens is 3. The Morgan fingerprint density at radius 3 is 2.36 bits per heavy atom. The first-order valence-corrected chi connectivity index (χ1v) is 14.7. The molecule has 0 aliphatic carbocycles. The fourth-order valence-corrected chi connectivity index (χ4v) is 5.65. The molecule has 0 spiro atoms. The van der Waals surface area contributed by atoms with E-state index in [1.807, 2.05) is 60.0 Å². The Morgan fingerprint density at radius 1 is 0.929 bits per heavy atom. The number of aryl methyl sites for hydroxylation is 1. The summed E-state index contributed by atoms with van der Waals surface area (Å²) >= 11 is 13.7. The summed E-state index contributed by atoms with van der Waals surface area (Å²) in [6.45, 7) is 2.04. The van der Waals surface area contributed by atoms with Gasteiger partial charge in [-0.05, 0) is 54.8 Å². The second-order valence-corrected chi connectivity index (χ2v) is 11.3. The van der Waals surface area contributed by atoms with Crippen molar-refractivity contribution in [2.75, 3.05) is 0 Å². The van der Waals surface area contributed by atoms with Crippen LogP contribution >= 0.6 is 35.0 Å². The number of thioether (sulfide) groups is 1. The molecule has 1 N–H and O–H groups in total. The molecule has 11 heteroatoms. The lowest BCUT2D eigenvalue weighted by Gasteiger charge is -2.20. The summed E-state index contributed by atoms with van der Waals surface area (Å²) in [4.78, 5) is 24.3. The number of rotatable bonds is 10. The first-order valence-electron chi connectivity index (χ1n) is 13.0. The van der Waals surface area contributed by atoms with Crippen molar-refractivity contribution in [1.29, 1.82) is 0 Å². The normalized spacial score (nSPS) is 11.7. The number of nitro benzene ring substituents is 1. The minimum atomic E-state index is -0.606. The highest BCUT2D eigenvalue weighted by atomic mass is 35.5. The van der Waals surface area contributed by atoms with Crippen molar-refractivity contribution in [2.45, 2.75) is 30.3 Å². The number of halogens is 2. The molecule has 0 fully saturated rings. The van der Waals surface area contributed by atoms with Gasteiger partial charge in [0.15, 0.2) is 11.0 Å². The van der Waals surface area contributed by atoms with Gasteiger partial charge in [0.1, 0.15) is 0 Å². The molecule has 0 saturated carbocycles. The zero-order valence-corrected chi connectivity index (χ0v) is 24.7. The van der Waals surface area contributed by atoms with E-state index in [1.165, 1.54) is 30.0 Å². The lowest BCUT2D eigenvalue weighted by molar-refractivity contribution is -0.384. The molecular formula is C31H25Cl2N5O3S. The van der Waals surface area contributed by atoms with E-state index < -0.39 is 11.0 Å². The zero-order valence-electron chi connectivity index (χ0n) is 22.4. The Kier molecular flexibility index (Phi) is 9.22. The van der Waals surface area contributed by atoms with Gasteiger partial charge in [0.2, 0.25) is 0 Å². The van der Waals surface area contributed by atoms with Crippen LogP contribution in [-0.4, -0.2) is 25.6 Å².